The molecule has 0 unspecified atom stereocenters. The summed E-state index contributed by atoms with van der Waals surface area (Å²) in [5.74, 6) is -0.458. The Balaban J connectivity index is 2.02. The molecule has 1 aliphatic carbocycles. The molecule has 0 saturated carbocycles. The van der Waals surface area contributed by atoms with Gasteiger partial charge in [0.1, 0.15) is 0 Å². The van der Waals surface area contributed by atoms with Crippen molar-refractivity contribution in [1.29, 1.82) is 0 Å². The van der Waals surface area contributed by atoms with Gasteiger partial charge >= 0.3 is 0 Å². The smallest absolute Gasteiger partial charge is 0.293 e. The molecule has 0 aliphatic heterocycles. The number of ketones is 1. The van der Waals surface area contributed by atoms with E-state index in [2.05, 4.69) is 17.1 Å². The van der Waals surface area contributed by atoms with Crippen LogP contribution in [0.15, 0.2) is 30.6 Å². The number of thiazole rings is 1. The summed E-state index contributed by atoms with van der Waals surface area (Å²) in [6, 6.07) is 8.22. The normalized spacial score (nSPS) is 13.0. The Morgan fingerprint density at radius 2 is 2.18 bits per heavy atom. The number of benzene rings is 1. The van der Waals surface area contributed by atoms with E-state index in [1.54, 1.807) is 10.7 Å². The van der Waals surface area contributed by atoms with Crippen molar-refractivity contribution in [3.8, 4) is 16.3 Å². The average molecular weight is 332 g/mol. The minimum absolute atomic E-state index is 0.000270. The second kappa shape index (κ2) is 5.04. The molecule has 1 aromatic carbocycles. The molecule has 3 aromatic rings. The van der Waals surface area contributed by atoms with Crippen molar-refractivity contribution in [2.75, 3.05) is 5.88 Å². The fraction of sp³-hybridized carbons (Fsp3) is 0.188. The quantitative estimate of drug-likeness (QED) is 0.446. The molecule has 0 spiro atoms. The number of halogens is 1. The molecule has 110 valence electrons. The second-order valence-electron chi connectivity index (χ2n) is 5.22. The summed E-state index contributed by atoms with van der Waals surface area (Å²) in [4.78, 5) is 17.4. The molecule has 0 radical (unpaired) electrons. The molecule has 4 rings (SSSR count). The third-order valence-electron chi connectivity index (χ3n) is 4.00. The SMILES string of the molecule is O=C(CCl)c1c(O)sc2c3c(nc[n+]12)-c1ccccc1CC3. The fourth-order valence-corrected chi connectivity index (χ4v) is 4.19. The number of Topliss-reactive ketones (excluding diaryl/α,β-unsaturated/α-hetero) is 1. The van der Waals surface area contributed by atoms with Crippen molar-refractivity contribution in [3.63, 3.8) is 0 Å². The van der Waals surface area contributed by atoms with E-state index < -0.39 is 0 Å². The van der Waals surface area contributed by atoms with Crippen LogP contribution >= 0.6 is 22.9 Å². The summed E-state index contributed by atoms with van der Waals surface area (Å²) < 4.78 is 1.66. The molecule has 0 bridgehead atoms. The Morgan fingerprint density at radius 1 is 1.36 bits per heavy atom. The largest absolute Gasteiger partial charge is 0.496 e. The van der Waals surface area contributed by atoms with Crippen LogP contribution in [-0.4, -0.2) is 21.8 Å². The van der Waals surface area contributed by atoms with Crippen molar-refractivity contribution in [3.05, 3.63) is 47.4 Å². The minimum Gasteiger partial charge on any atom is -0.496 e. The van der Waals surface area contributed by atoms with Crippen molar-refractivity contribution in [1.82, 2.24) is 4.98 Å². The zero-order chi connectivity index (χ0) is 15.3. The molecule has 0 saturated heterocycles. The van der Waals surface area contributed by atoms with Crippen LogP contribution in [0.4, 0.5) is 0 Å². The maximum Gasteiger partial charge on any atom is 0.293 e. The molecule has 4 nitrogen and oxygen atoms in total. The number of aromatic nitrogens is 2. The molecule has 0 atom stereocenters. The molecule has 0 fully saturated rings. The van der Waals surface area contributed by atoms with Gasteiger partial charge in [0, 0.05) is 5.56 Å². The Morgan fingerprint density at radius 3 is 3.00 bits per heavy atom. The lowest BCUT2D eigenvalue weighted by atomic mass is 9.90. The zero-order valence-corrected chi connectivity index (χ0v) is 13.1. The molecule has 6 heteroatoms. The highest BCUT2D eigenvalue weighted by atomic mass is 35.5. The highest BCUT2D eigenvalue weighted by Crippen LogP contribution is 2.36. The standard InChI is InChI=1S/C16H11ClN2O2S/c17-7-12(20)14-16(21)22-15-11-6-5-9-3-1-2-4-10(9)13(11)18-8-19(14)15/h1-4,8H,5-7H2/p+1. The topological polar surface area (TPSA) is 54.3 Å². The Hall–Kier alpha value is -1.98. The van der Waals surface area contributed by atoms with Gasteiger partial charge in [0.05, 0.1) is 11.4 Å². The first kappa shape index (κ1) is 13.7. The predicted octanol–water partition coefficient (Wildman–Crippen LogP) is 2.77. The molecule has 2 heterocycles. The highest BCUT2D eigenvalue weighted by Gasteiger charge is 2.30. The van der Waals surface area contributed by atoms with Gasteiger partial charge in [-0.05, 0) is 23.4 Å². The fourth-order valence-electron chi connectivity index (χ4n) is 3.01. The lowest BCUT2D eigenvalue weighted by Crippen LogP contribution is -2.30. The van der Waals surface area contributed by atoms with E-state index in [-0.39, 0.29) is 22.4 Å². The van der Waals surface area contributed by atoms with E-state index in [9.17, 15) is 9.90 Å². The lowest BCUT2D eigenvalue weighted by Gasteiger charge is -2.14. The number of aromatic hydroxyl groups is 1. The summed E-state index contributed by atoms with van der Waals surface area (Å²) in [6.07, 6.45) is 3.38. The number of carbonyl (C=O) groups excluding carboxylic acids is 1. The van der Waals surface area contributed by atoms with E-state index in [1.807, 2.05) is 12.1 Å². The van der Waals surface area contributed by atoms with Gasteiger partial charge in [0.25, 0.3) is 6.33 Å². The van der Waals surface area contributed by atoms with Gasteiger partial charge in [-0.15, -0.1) is 11.6 Å². The maximum absolute atomic E-state index is 11.9. The van der Waals surface area contributed by atoms with Crippen LogP contribution in [0.25, 0.3) is 16.1 Å². The van der Waals surface area contributed by atoms with Gasteiger partial charge < -0.3 is 5.11 Å². The van der Waals surface area contributed by atoms with Crippen molar-refractivity contribution in [2.45, 2.75) is 12.8 Å². The van der Waals surface area contributed by atoms with E-state index >= 15 is 0 Å². The molecular weight excluding hydrogens is 320 g/mol. The summed E-state index contributed by atoms with van der Waals surface area (Å²) in [6.45, 7) is 0. The Kier molecular flexibility index (Phi) is 3.13. The highest BCUT2D eigenvalue weighted by molar-refractivity contribution is 7.19. The first-order chi connectivity index (χ1) is 10.7. The number of alkyl halides is 1. The van der Waals surface area contributed by atoms with Crippen LogP contribution in [0.5, 0.6) is 5.06 Å². The maximum atomic E-state index is 11.9. The summed E-state index contributed by atoms with van der Waals surface area (Å²) in [5.41, 5.74) is 4.65. The summed E-state index contributed by atoms with van der Waals surface area (Å²) in [7, 11) is 0. The molecule has 22 heavy (non-hydrogen) atoms. The van der Waals surface area contributed by atoms with Gasteiger partial charge in [0.15, 0.2) is 10.5 Å². The van der Waals surface area contributed by atoms with Crippen molar-refractivity contribution < 1.29 is 14.3 Å². The Bertz CT molecular complexity index is 920. The number of fused-ring (bicyclic) bond motifs is 5. The molecule has 1 aliphatic rings. The summed E-state index contributed by atoms with van der Waals surface area (Å²) in [5, 5.41) is 10.1. The van der Waals surface area contributed by atoms with E-state index in [0.717, 1.165) is 34.5 Å². The third kappa shape index (κ3) is 1.86. The monoisotopic (exact) mass is 331 g/mol. The molecule has 2 aromatic heterocycles. The van der Waals surface area contributed by atoms with Crippen LogP contribution in [0, 0.1) is 0 Å². The number of nitrogens with zero attached hydrogens (tertiary/aromatic N) is 2. The van der Waals surface area contributed by atoms with Crippen LogP contribution in [0.1, 0.15) is 21.6 Å². The molecular formula is C16H12ClN2O2S+. The Labute approximate surface area is 135 Å². The van der Waals surface area contributed by atoms with Gasteiger partial charge in [-0.1, -0.05) is 35.6 Å². The van der Waals surface area contributed by atoms with Gasteiger partial charge in [-0.3, -0.25) is 4.79 Å². The second-order valence-corrected chi connectivity index (χ2v) is 6.46. The van der Waals surface area contributed by atoms with Crippen molar-refractivity contribution >= 4 is 33.6 Å². The zero-order valence-electron chi connectivity index (χ0n) is 11.5. The number of hydrogen-bond acceptors (Lipinski definition) is 4. The van der Waals surface area contributed by atoms with E-state index in [4.69, 9.17) is 11.6 Å². The first-order valence-electron chi connectivity index (χ1n) is 6.93. The van der Waals surface area contributed by atoms with E-state index in [1.165, 1.54) is 16.9 Å². The van der Waals surface area contributed by atoms with Crippen LogP contribution in [0.3, 0.4) is 0 Å². The summed E-state index contributed by atoms with van der Waals surface area (Å²) >= 11 is 6.85. The van der Waals surface area contributed by atoms with Gasteiger partial charge in [-0.2, -0.15) is 4.40 Å². The number of rotatable bonds is 2. The molecule has 1 N–H and O–H groups in total. The average Bonchev–Trinajstić information content (AvgIpc) is 2.90. The van der Waals surface area contributed by atoms with Crippen molar-refractivity contribution in [2.24, 2.45) is 0 Å². The number of aryl methyl sites for hydroxylation is 2. The molecule has 0 amide bonds. The van der Waals surface area contributed by atoms with Crippen LogP contribution < -0.4 is 4.40 Å². The van der Waals surface area contributed by atoms with Gasteiger partial charge in [-0.25, -0.2) is 0 Å². The third-order valence-corrected chi connectivity index (χ3v) is 5.27. The minimum atomic E-state index is -0.298. The van der Waals surface area contributed by atoms with Crippen LogP contribution in [-0.2, 0) is 12.8 Å². The van der Waals surface area contributed by atoms with Crippen LogP contribution in [0.2, 0.25) is 0 Å². The number of hydrogen-bond donors (Lipinski definition) is 1. The van der Waals surface area contributed by atoms with E-state index in [0.29, 0.717) is 0 Å². The lowest BCUT2D eigenvalue weighted by molar-refractivity contribution is -0.514. The predicted molar refractivity (Wildman–Crippen MR) is 84.8 cm³/mol. The first-order valence-corrected chi connectivity index (χ1v) is 8.28. The van der Waals surface area contributed by atoms with Gasteiger partial charge in [0.2, 0.25) is 16.5 Å². The number of carbonyl (C=O) groups is 1.